The van der Waals surface area contributed by atoms with E-state index in [9.17, 15) is 0 Å². The number of nitrogens with one attached hydrogen (secondary N) is 1. The first kappa shape index (κ1) is 12.2. The first-order valence-corrected chi connectivity index (χ1v) is 7.35. The van der Waals surface area contributed by atoms with Gasteiger partial charge in [0.2, 0.25) is 0 Å². The van der Waals surface area contributed by atoms with E-state index in [1.165, 1.54) is 18.5 Å². The molecule has 2 rings (SSSR count). The second-order valence-electron chi connectivity index (χ2n) is 5.70. The van der Waals surface area contributed by atoms with Crippen molar-refractivity contribution in [3.8, 4) is 0 Å². The summed E-state index contributed by atoms with van der Waals surface area (Å²) < 4.78 is 3.62. The molecule has 1 aliphatic carbocycles. The van der Waals surface area contributed by atoms with Crippen LogP contribution < -0.4 is 0 Å². The number of rotatable bonds is 3. The van der Waals surface area contributed by atoms with Crippen LogP contribution in [0.3, 0.4) is 0 Å². The number of hydrogen-bond donors (Lipinski definition) is 1. The van der Waals surface area contributed by atoms with Gasteiger partial charge < -0.3 is 9.55 Å². The number of aromatic amines is 1. The van der Waals surface area contributed by atoms with E-state index in [0.717, 1.165) is 11.3 Å². The summed E-state index contributed by atoms with van der Waals surface area (Å²) in [5.74, 6) is 0. The number of nitrogens with zero attached hydrogens (tertiary/aromatic N) is 1. The van der Waals surface area contributed by atoms with E-state index in [2.05, 4.69) is 42.8 Å². The van der Waals surface area contributed by atoms with Crippen molar-refractivity contribution in [2.75, 3.05) is 6.26 Å². The van der Waals surface area contributed by atoms with Crippen LogP contribution in [0, 0.1) is 4.77 Å². The fraction of sp³-hybridized carbons (Fsp3) is 0.750. The Morgan fingerprint density at radius 3 is 2.56 bits per heavy atom. The van der Waals surface area contributed by atoms with Gasteiger partial charge in [-0.2, -0.15) is 11.8 Å². The average Bonchev–Trinajstić information content (AvgIpc) is 2.86. The molecule has 0 aromatic carbocycles. The molecule has 4 heteroatoms. The summed E-state index contributed by atoms with van der Waals surface area (Å²) in [6.07, 6.45) is 6.92. The Morgan fingerprint density at radius 2 is 2.12 bits per heavy atom. The summed E-state index contributed by atoms with van der Waals surface area (Å²) in [5.41, 5.74) is 1.47. The smallest absolute Gasteiger partial charge is 0.177 e. The van der Waals surface area contributed by atoms with E-state index in [0.29, 0.717) is 4.75 Å². The molecular weight excluding hydrogens is 236 g/mol. The predicted molar refractivity (Wildman–Crippen MR) is 73.8 cm³/mol. The van der Waals surface area contributed by atoms with Gasteiger partial charge in [-0.15, -0.1) is 0 Å². The Balaban J connectivity index is 2.33. The predicted octanol–water partition coefficient (Wildman–Crippen LogP) is 3.74. The van der Waals surface area contributed by atoms with Crippen LogP contribution in [0.15, 0.2) is 6.20 Å². The van der Waals surface area contributed by atoms with Crippen LogP contribution >= 0.6 is 24.0 Å². The van der Waals surface area contributed by atoms with E-state index in [4.69, 9.17) is 12.2 Å². The van der Waals surface area contributed by atoms with Gasteiger partial charge in [-0.3, -0.25) is 0 Å². The fourth-order valence-corrected chi connectivity index (χ4v) is 3.02. The van der Waals surface area contributed by atoms with Gasteiger partial charge in [0.05, 0.1) is 0 Å². The molecule has 0 saturated heterocycles. The average molecular weight is 256 g/mol. The molecule has 1 aromatic heterocycles. The lowest BCUT2D eigenvalue weighted by Crippen LogP contribution is -2.22. The Hall–Kier alpha value is -0.220. The lowest BCUT2D eigenvalue weighted by Gasteiger charge is -2.23. The van der Waals surface area contributed by atoms with Crippen molar-refractivity contribution in [1.29, 1.82) is 0 Å². The standard InChI is InChI=1S/C12H20N2S2/c1-11(2,3)9-7-13-10(15)14(9)8-12(16-4)5-6-12/h7H,5-6,8H2,1-4H3,(H,13,15). The normalized spacial score (nSPS) is 18.8. The molecule has 1 aromatic rings. The van der Waals surface area contributed by atoms with Crippen molar-refractivity contribution in [2.24, 2.45) is 0 Å². The Bertz CT molecular complexity index is 433. The van der Waals surface area contributed by atoms with Crippen LogP contribution in [0.25, 0.3) is 0 Å². The number of hydrogen-bond acceptors (Lipinski definition) is 2. The topological polar surface area (TPSA) is 20.7 Å². The molecule has 0 radical (unpaired) electrons. The van der Waals surface area contributed by atoms with Gasteiger partial charge >= 0.3 is 0 Å². The summed E-state index contributed by atoms with van der Waals surface area (Å²) >= 11 is 7.37. The first-order chi connectivity index (χ1) is 7.38. The van der Waals surface area contributed by atoms with Crippen molar-refractivity contribution < 1.29 is 0 Å². The molecule has 16 heavy (non-hydrogen) atoms. The van der Waals surface area contributed by atoms with Gasteiger partial charge in [-0.05, 0) is 31.3 Å². The van der Waals surface area contributed by atoms with Gasteiger partial charge in [0.15, 0.2) is 4.77 Å². The van der Waals surface area contributed by atoms with E-state index < -0.39 is 0 Å². The van der Waals surface area contributed by atoms with E-state index in [-0.39, 0.29) is 5.41 Å². The molecule has 1 aliphatic rings. The number of thioether (sulfide) groups is 1. The fourth-order valence-electron chi connectivity index (χ4n) is 2.03. The molecule has 0 aliphatic heterocycles. The Labute approximate surface area is 107 Å². The highest BCUT2D eigenvalue weighted by Crippen LogP contribution is 2.48. The van der Waals surface area contributed by atoms with Gasteiger partial charge in [-0.25, -0.2) is 0 Å². The zero-order chi connectivity index (χ0) is 12.0. The van der Waals surface area contributed by atoms with Gasteiger partial charge in [0.1, 0.15) is 0 Å². The molecule has 0 unspecified atom stereocenters. The number of imidazole rings is 1. The number of aromatic nitrogens is 2. The van der Waals surface area contributed by atoms with Crippen LogP contribution in [-0.4, -0.2) is 20.6 Å². The second-order valence-corrected chi connectivity index (χ2v) is 7.36. The summed E-state index contributed by atoms with van der Waals surface area (Å²) in [6.45, 7) is 7.77. The minimum Gasteiger partial charge on any atom is -0.337 e. The number of H-pyrrole nitrogens is 1. The minimum absolute atomic E-state index is 0.155. The van der Waals surface area contributed by atoms with Crippen molar-refractivity contribution in [1.82, 2.24) is 9.55 Å². The second kappa shape index (κ2) is 3.91. The highest BCUT2D eigenvalue weighted by molar-refractivity contribution is 8.00. The molecule has 1 N–H and O–H groups in total. The van der Waals surface area contributed by atoms with Crippen molar-refractivity contribution in [3.05, 3.63) is 16.7 Å². The quantitative estimate of drug-likeness (QED) is 0.832. The third kappa shape index (κ3) is 2.23. The van der Waals surface area contributed by atoms with E-state index >= 15 is 0 Å². The maximum Gasteiger partial charge on any atom is 0.177 e. The van der Waals surface area contributed by atoms with Crippen molar-refractivity contribution >= 4 is 24.0 Å². The molecular formula is C12H20N2S2. The molecule has 90 valence electrons. The maximum absolute atomic E-state index is 5.38. The van der Waals surface area contributed by atoms with Gasteiger partial charge in [-0.1, -0.05) is 20.8 Å². The Morgan fingerprint density at radius 1 is 1.50 bits per heavy atom. The SMILES string of the molecule is CSC1(Cn2c(C(C)(C)C)c[nH]c2=S)CC1. The summed E-state index contributed by atoms with van der Waals surface area (Å²) in [4.78, 5) is 3.19. The first-order valence-electron chi connectivity index (χ1n) is 5.72. The lowest BCUT2D eigenvalue weighted by molar-refractivity contribution is 0.507. The van der Waals surface area contributed by atoms with E-state index in [1.54, 1.807) is 0 Å². The minimum atomic E-state index is 0.155. The zero-order valence-electron chi connectivity index (χ0n) is 10.5. The van der Waals surface area contributed by atoms with Crippen LogP contribution in [0.5, 0.6) is 0 Å². The zero-order valence-corrected chi connectivity index (χ0v) is 12.1. The van der Waals surface area contributed by atoms with Crippen LogP contribution in [0.2, 0.25) is 0 Å². The Kier molecular flexibility index (Phi) is 2.99. The molecule has 1 heterocycles. The molecule has 0 atom stereocenters. The highest BCUT2D eigenvalue weighted by atomic mass is 32.2. The summed E-state index contributed by atoms with van der Waals surface area (Å²) in [5, 5.41) is 0. The third-order valence-electron chi connectivity index (χ3n) is 3.32. The van der Waals surface area contributed by atoms with Crippen LogP contribution in [-0.2, 0) is 12.0 Å². The molecule has 1 fully saturated rings. The van der Waals surface area contributed by atoms with Crippen molar-refractivity contribution in [3.63, 3.8) is 0 Å². The lowest BCUT2D eigenvalue weighted by atomic mass is 9.92. The van der Waals surface area contributed by atoms with Gasteiger partial charge in [0.25, 0.3) is 0 Å². The van der Waals surface area contributed by atoms with Crippen LogP contribution in [0.4, 0.5) is 0 Å². The molecule has 2 nitrogen and oxygen atoms in total. The van der Waals surface area contributed by atoms with E-state index in [1.807, 2.05) is 11.8 Å². The molecule has 0 spiro atoms. The monoisotopic (exact) mass is 256 g/mol. The highest BCUT2D eigenvalue weighted by Gasteiger charge is 2.43. The largest absolute Gasteiger partial charge is 0.337 e. The molecule has 0 bridgehead atoms. The summed E-state index contributed by atoms with van der Waals surface area (Å²) in [6, 6.07) is 0. The van der Waals surface area contributed by atoms with Gasteiger partial charge in [0, 0.05) is 28.6 Å². The van der Waals surface area contributed by atoms with Crippen molar-refractivity contribution in [2.45, 2.75) is 50.3 Å². The maximum atomic E-state index is 5.38. The third-order valence-corrected chi connectivity index (χ3v) is 5.07. The molecule has 0 amide bonds. The van der Waals surface area contributed by atoms with Crippen LogP contribution in [0.1, 0.15) is 39.3 Å². The summed E-state index contributed by atoms with van der Waals surface area (Å²) in [7, 11) is 0. The molecule has 1 saturated carbocycles.